The molecule has 0 aromatic heterocycles. The van der Waals surface area contributed by atoms with Crippen LogP contribution < -0.4 is 0 Å². The van der Waals surface area contributed by atoms with E-state index < -0.39 is 0 Å². The first-order chi connectivity index (χ1) is 4.86. The summed E-state index contributed by atoms with van der Waals surface area (Å²) in [6, 6.07) is 0. The fourth-order valence-corrected chi connectivity index (χ4v) is 9.26. The van der Waals surface area contributed by atoms with Crippen LogP contribution in [0.1, 0.15) is 26.7 Å². The maximum absolute atomic E-state index is 2.27. The quantitative estimate of drug-likeness (QED) is 0.628. The second-order valence-corrected chi connectivity index (χ2v) is 8.53. The first-order valence-corrected chi connectivity index (χ1v) is 8.06. The summed E-state index contributed by atoms with van der Waals surface area (Å²) in [5.41, 5.74) is 0. The molecule has 0 unspecified atom stereocenters. The van der Waals surface area contributed by atoms with Crippen molar-refractivity contribution < 1.29 is 0 Å². The van der Waals surface area contributed by atoms with Crippen LogP contribution in [0.15, 0.2) is 0 Å². The van der Waals surface area contributed by atoms with Crippen LogP contribution in [0.2, 0.25) is 0 Å². The van der Waals surface area contributed by atoms with Gasteiger partial charge in [-0.15, -0.1) is 11.8 Å². The molecular formula is C6H12S4. The number of thioether (sulfide) groups is 1. The summed E-state index contributed by atoms with van der Waals surface area (Å²) in [7, 11) is 6.02. The van der Waals surface area contributed by atoms with E-state index in [4.69, 9.17) is 0 Å². The van der Waals surface area contributed by atoms with Gasteiger partial charge >= 0.3 is 0 Å². The van der Waals surface area contributed by atoms with Gasteiger partial charge < -0.3 is 0 Å². The molecule has 4 heteroatoms. The minimum Gasteiger partial charge on any atom is -0.131 e. The van der Waals surface area contributed by atoms with Crippen LogP contribution in [0.5, 0.6) is 0 Å². The van der Waals surface area contributed by atoms with E-state index in [-0.39, 0.29) is 0 Å². The summed E-state index contributed by atoms with van der Waals surface area (Å²) >= 11 is 2.14. The second kappa shape index (κ2) is 5.12. The van der Waals surface area contributed by atoms with Gasteiger partial charge in [0.1, 0.15) is 0 Å². The van der Waals surface area contributed by atoms with Crippen LogP contribution in [0.4, 0.5) is 0 Å². The predicted octanol–water partition coefficient (Wildman–Crippen LogP) is 4.24. The molecular weight excluding hydrogens is 200 g/mol. The highest BCUT2D eigenvalue weighted by Gasteiger charge is 2.21. The van der Waals surface area contributed by atoms with Crippen molar-refractivity contribution in [2.45, 2.75) is 35.9 Å². The molecule has 0 amide bonds. The van der Waals surface area contributed by atoms with Gasteiger partial charge in [-0.3, -0.25) is 0 Å². The fourth-order valence-electron chi connectivity index (χ4n) is 0.653. The number of hydrogen-bond acceptors (Lipinski definition) is 4. The van der Waals surface area contributed by atoms with Crippen molar-refractivity contribution in [3.63, 3.8) is 0 Å². The first kappa shape index (κ1) is 9.49. The van der Waals surface area contributed by atoms with E-state index in [9.17, 15) is 0 Å². The fraction of sp³-hybridized carbons (Fsp3) is 1.00. The third-order valence-corrected chi connectivity index (χ3v) is 9.04. The summed E-state index contributed by atoms with van der Waals surface area (Å²) in [6.07, 6.45) is 2.61. The van der Waals surface area contributed by atoms with Crippen molar-refractivity contribution in [3.8, 4) is 0 Å². The molecule has 1 rings (SSSR count). The molecule has 0 aliphatic carbocycles. The molecule has 10 heavy (non-hydrogen) atoms. The Morgan fingerprint density at radius 3 is 1.90 bits per heavy atom. The van der Waals surface area contributed by atoms with Crippen LogP contribution >= 0.6 is 43.2 Å². The largest absolute Gasteiger partial charge is 0.131 e. The van der Waals surface area contributed by atoms with Gasteiger partial charge in [-0.2, -0.15) is 0 Å². The molecule has 0 aromatic rings. The molecule has 60 valence electrons. The van der Waals surface area contributed by atoms with Crippen molar-refractivity contribution in [1.82, 2.24) is 0 Å². The van der Waals surface area contributed by atoms with E-state index in [1.54, 1.807) is 0 Å². The molecule has 1 heterocycles. The van der Waals surface area contributed by atoms with Crippen LogP contribution in [0.25, 0.3) is 0 Å². The average Bonchev–Trinajstić information content (AvgIpc) is 2.05. The molecule has 1 fully saturated rings. The highest BCUT2D eigenvalue weighted by Crippen LogP contribution is 2.55. The van der Waals surface area contributed by atoms with Crippen LogP contribution in [-0.4, -0.2) is 9.16 Å². The van der Waals surface area contributed by atoms with Crippen molar-refractivity contribution in [1.29, 1.82) is 0 Å². The zero-order valence-corrected chi connectivity index (χ0v) is 9.47. The van der Waals surface area contributed by atoms with E-state index in [0.29, 0.717) is 0 Å². The van der Waals surface area contributed by atoms with Gasteiger partial charge in [-0.25, -0.2) is 0 Å². The normalized spacial score (nSPS) is 34.2. The number of hydrogen-bond donors (Lipinski definition) is 0. The lowest BCUT2D eigenvalue weighted by Crippen LogP contribution is -2.04. The molecule has 2 atom stereocenters. The topological polar surface area (TPSA) is 0 Å². The van der Waals surface area contributed by atoms with E-state index in [2.05, 4.69) is 25.6 Å². The maximum Gasteiger partial charge on any atom is 0.0623 e. The van der Waals surface area contributed by atoms with E-state index in [1.807, 2.05) is 31.4 Å². The van der Waals surface area contributed by atoms with E-state index >= 15 is 0 Å². The Bertz CT molecular complexity index is 85.7. The first-order valence-electron chi connectivity index (χ1n) is 3.51. The Labute approximate surface area is 78.9 Å². The van der Waals surface area contributed by atoms with E-state index in [0.717, 1.165) is 9.16 Å². The maximum atomic E-state index is 2.27. The van der Waals surface area contributed by atoms with Gasteiger partial charge in [0.05, 0.1) is 9.16 Å². The summed E-state index contributed by atoms with van der Waals surface area (Å²) in [5, 5.41) is 0. The van der Waals surface area contributed by atoms with Crippen LogP contribution in [0.3, 0.4) is 0 Å². The highest BCUT2D eigenvalue weighted by molar-refractivity contribution is 9.11. The molecule has 0 radical (unpaired) electrons. The van der Waals surface area contributed by atoms with Crippen molar-refractivity contribution in [2.24, 2.45) is 0 Å². The van der Waals surface area contributed by atoms with Gasteiger partial charge in [0, 0.05) is 0 Å². The molecule has 1 aliphatic heterocycles. The smallest absolute Gasteiger partial charge is 0.0623 e. The molecule has 0 spiro atoms. The molecule has 0 N–H and O–H groups in total. The summed E-state index contributed by atoms with van der Waals surface area (Å²) in [6.45, 7) is 4.54. The SMILES string of the molecule is CC[C@@H]1SSS[C@H](CC)S1. The number of rotatable bonds is 2. The lowest BCUT2D eigenvalue weighted by molar-refractivity contribution is 1.02. The van der Waals surface area contributed by atoms with Crippen molar-refractivity contribution in [3.05, 3.63) is 0 Å². The lowest BCUT2D eigenvalue weighted by atomic mass is 10.6. The summed E-state index contributed by atoms with van der Waals surface area (Å²) in [5.74, 6) is 0. The molecule has 0 nitrogen and oxygen atoms in total. The third kappa shape index (κ3) is 2.80. The highest BCUT2D eigenvalue weighted by atomic mass is 33.5. The Hall–Kier alpha value is 1.40. The zero-order valence-electron chi connectivity index (χ0n) is 6.20. The third-order valence-electron chi connectivity index (χ3n) is 1.26. The predicted molar refractivity (Wildman–Crippen MR) is 58.5 cm³/mol. The van der Waals surface area contributed by atoms with Gasteiger partial charge in [0.15, 0.2) is 0 Å². The van der Waals surface area contributed by atoms with Crippen LogP contribution in [-0.2, 0) is 0 Å². The van der Waals surface area contributed by atoms with E-state index in [1.165, 1.54) is 12.8 Å². The minimum absolute atomic E-state index is 0.844. The standard InChI is InChI=1S/C6H12S4/c1-3-5-7-6(4-2)9-10-8-5/h5-6H,3-4H2,1-2H3/t5-,6+. The van der Waals surface area contributed by atoms with Crippen molar-refractivity contribution in [2.75, 3.05) is 0 Å². The van der Waals surface area contributed by atoms with Gasteiger partial charge in [0.25, 0.3) is 0 Å². The Morgan fingerprint density at radius 2 is 1.50 bits per heavy atom. The Balaban J connectivity index is 2.25. The minimum atomic E-state index is 0.844. The molecule has 0 bridgehead atoms. The Morgan fingerprint density at radius 1 is 1.00 bits per heavy atom. The monoisotopic (exact) mass is 212 g/mol. The summed E-state index contributed by atoms with van der Waals surface area (Å²) in [4.78, 5) is 0. The van der Waals surface area contributed by atoms with Crippen molar-refractivity contribution >= 4 is 43.2 Å². The summed E-state index contributed by atoms with van der Waals surface area (Å²) < 4.78 is 1.69. The van der Waals surface area contributed by atoms with Gasteiger partial charge in [0.2, 0.25) is 0 Å². The average molecular weight is 212 g/mol. The molecule has 1 aliphatic rings. The second-order valence-electron chi connectivity index (χ2n) is 2.07. The molecule has 0 saturated carbocycles. The zero-order chi connectivity index (χ0) is 7.40. The van der Waals surface area contributed by atoms with Gasteiger partial charge in [-0.1, -0.05) is 35.4 Å². The van der Waals surface area contributed by atoms with Gasteiger partial charge in [-0.05, 0) is 22.7 Å². The molecule has 0 aromatic carbocycles. The Kier molecular flexibility index (Phi) is 4.86. The molecule has 1 saturated heterocycles. The van der Waals surface area contributed by atoms with Crippen LogP contribution in [0, 0.1) is 0 Å². The lowest BCUT2D eigenvalue weighted by Gasteiger charge is -2.24.